The zero-order valence-corrected chi connectivity index (χ0v) is 15.1. The quantitative estimate of drug-likeness (QED) is 0.767. The van der Waals surface area contributed by atoms with E-state index in [1.165, 1.54) is 0 Å². The molecule has 6 heteroatoms. The van der Waals surface area contributed by atoms with Crippen LogP contribution in [-0.2, 0) is 11.3 Å². The number of halogens is 2. The molecule has 0 aromatic heterocycles. The molecular weight excluding hydrogens is 335 g/mol. The van der Waals surface area contributed by atoms with E-state index in [1.54, 1.807) is 25.1 Å². The lowest BCUT2D eigenvalue weighted by Crippen LogP contribution is -2.33. The standard InChI is InChI=1S/C17H22Cl2N2O2/c1-4-11(2)21-14(22)13-7-5-6-12(8-13)9-20-15(23)16(3)10-17(16,18)19/h5-8,11H,4,9-10H2,1-3H3,(H,20,23)(H,21,22)/t11-,16+/m1/s1. The van der Waals surface area contributed by atoms with Crippen molar-refractivity contribution in [1.29, 1.82) is 0 Å². The Labute approximate surface area is 146 Å². The molecule has 0 spiro atoms. The van der Waals surface area contributed by atoms with E-state index in [0.29, 0.717) is 18.5 Å². The Morgan fingerprint density at radius 1 is 1.35 bits per heavy atom. The number of carbonyl (C=O) groups is 2. The van der Waals surface area contributed by atoms with E-state index in [4.69, 9.17) is 23.2 Å². The monoisotopic (exact) mass is 356 g/mol. The fraction of sp³-hybridized carbons (Fsp3) is 0.529. The summed E-state index contributed by atoms with van der Waals surface area (Å²) in [6.07, 6.45) is 1.32. The summed E-state index contributed by atoms with van der Waals surface area (Å²) in [4.78, 5) is 24.3. The number of amides is 2. The maximum atomic E-state index is 12.2. The summed E-state index contributed by atoms with van der Waals surface area (Å²) in [6.45, 7) is 6.06. The van der Waals surface area contributed by atoms with E-state index in [2.05, 4.69) is 10.6 Å². The molecule has 2 N–H and O–H groups in total. The van der Waals surface area contributed by atoms with Gasteiger partial charge in [-0.25, -0.2) is 0 Å². The highest BCUT2D eigenvalue weighted by Crippen LogP contribution is 2.63. The smallest absolute Gasteiger partial charge is 0.251 e. The molecule has 0 heterocycles. The number of hydrogen-bond donors (Lipinski definition) is 2. The van der Waals surface area contributed by atoms with E-state index in [9.17, 15) is 9.59 Å². The normalized spacial score (nSPS) is 23.0. The van der Waals surface area contributed by atoms with E-state index in [0.717, 1.165) is 12.0 Å². The fourth-order valence-electron chi connectivity index (χ4n) is 2.26. The summed E-state index contributed by atoms with van der Waals surface area (Å²) < 4.78 is -0.977. The summed E-state index contributed by atoms with van der Waals surface area (Å²) in [6, 6.07) is 7.33. The highest BCUT2D eigenvalue weighted by molar-refractivity contribution is 6.53. The minimum absolute atomic E-state index is 0.109. The lowest BCUT2D eigenvalue weighted by molar-refractivity contribution is -0.125. The van der Waals surface area contributed by atoms with Gasteiger partial charge in [-0.2, -0.15) is 0 Å². The van der Waals surface area contributed by atoms with Gasteiger partial charge in [-0.3, -0.25) is 9.59 Å². The number of hydrogen-bond acceptors (Lipinski definition) is 2. The number of benzene rings is 1. The van der Waals surface area contributed by atoms with Crippen molar-refractivity contribution in [2.75, 3.05) is 0 Å². The molecule has 0 radical (unpaired) electrons. The van der Waals surface area contributed by atoms with Gasteiger partial charge in [0, 0.05) is 18.2 Å². The average molecular weight is 357 g/mol. The molecule has 1 aliphatic carbocycles. The minimum Gasteiger partial charge on any atom is -0.351 e. The van der Waals surface area contributed by atoms with Crippen LogP contribution < -0.4 is 10.6 Å². The molecule has 2 atom stereocenters. The first kappa shape index (κ1) is 18.1. The average Bonchev–Trinajstić information content (AvgIpc) is 3.04. The molecule has 1 fully saturated rings. The SMILES string of the molecule is CC[C@@H](C)NC(=O)c1cccc(CNC(=O)[C@]2(C)CC2(Cl)Cl)c1. The van der Waals surface area contributed by atoms with Gasteiger partial charge in [0.15, 0.2) is 0 Å². The molecule has 126 valence electrons. The van der Waals surface area contributed by atoms with Crippen molar-refractivity contribution in [3.63, 3.8) is 0 Å². The lowest BCUT2D eigenvalue weighted by atomic mass is 10.1. The first-order chi connectivity index (χ1) is 10.7. The van der Waals surface area contributed by atoms with Crippen molar-refractivity contribution >= 4 is 35.0 Å². The molecular formula is C17H22Cl2N2O2. The van der Waals surface area contributed by atoms with Gasteiger partial charge < -0.3 is 10.6 Å². The molecule has 1 aliphatic rings. The fourth-order valence-corrected chi connectivity index (χ4v) is 2.96. The van der Waals surface area contributed by atoms with Gasteiger partial charge in [0.2, 0.25) is 5.91 Å². The maximum Gasteiger partial charge on any atom is 0.251 e. The second-order valence-electron chi connectivity index (χ2n) is 6.38. The molecule has 0 aliphatic heterocycles. The Hall–Kier alpha value is -1.26. The first-order valence-electron chi connectivity index (χ1n) is 7.75. The van der Waals surface area contributed by atoms with Crippen molar-refractivity contribution in [2.45, 2.75) is 50.5 Å². The molecule has 1 saturated carbocycles. The van der Waals surface area contributed by atoms with Crippen LogP contribution in [0, 0.1) is 5.41 Å². The third-order valence-corrected chi connectivity index (χ3v) is 5.49. The largest absolute Gasteiger partial charge is 0.351 e. The Kier molecular flexibility index (Phi) is 5.27. The number of nitrogens with one attached hydrogen (secondary N) is 2. The molecule has 2 amide bonds. The third kappa shape index (κ3) is 3.99. The Morgan fingerprint density at radius 2 is 2.00 bits per heavy atom. The minimum atomic E-state index is -0.977. The van der Waals surface area contributed by atoms with E-state index >= 15 is 0 Å². The van der Waals surface area contributed by atoms with Gasteiger partial charge in [-0.15, -0.1) is 23.2 Å². The second-order valence-corrected chi connectivity index (χ2v) is 7.86. The van der Waals surface area contributed by atoms with E-state index in [1.807, 2.05) is 19.9 Å². The van der Waals surface area contributed by atoms with E-state index in [-0.39, 0.29) is 17.9 Å². The van der Waals surface area contributed by atoms with Crippen molar-refractivity contribution < 1.29 is 9.59 Å². The number of alkyl halides is 2. The second kappa shape index (κ2) is 6.70. The van der Waals surface area contributed by atoms with Crippen LogP contribution in [-0.4, -0.2) is 22.2 Å². The predicted molar refractivity (Wildman–Crippen MR) is 92.7 cm³/mol. The Morgan fingerprint density at radius 3 is 2.57 bits per heavy atom. The zero-order chi connectivity index (χ0) is 17.3. The maximum absolute atomic E-state index is 12.2. The van der Waals surface area contributed by atoms with Gasteiger partial charge in [0.05, 0.1) is 5.41 Å². The zero-order valence-electron chi connectivity index (χ0n) is 13.6. The molecule has 2 rings (SSSR count). The summed E-state index contributed by atoms with van der Waals surface area (Å²) in [5.41, 5.74) is 0.703. The molecule has 0 unspecified atom stereocenters. The van der Waals surface area contributed by atoms with Crippen molar-refractivity contribution in [3.8, 4) is 0 Å². The summed E-state index contributed by atoms with van der Waals surface area (Å²) in [5.74, 6) is -0.279. The van der Waals surface area contributed by atoms with Crippen LogP contribution in [0.3, 0.4) is 0 Å². The van der Waals surface area contributed by atoms with Gasteiger partial charge in [0.25, 0.3) is 5.91 Å². The highest BCUT2D eigenvalue weighted by atomic mass is 35.5. The predicted octanol–water partition coefficient (Wildman–Crippen LogP) is 3.42. The van der Waals surface area contributed by atoms with Crippen LogP contribution in [0.2, 0.25) is 0 Å². The van der Waals surface area contributed by atoms with Gasteiger partial charge in [-0.1, -0.05) is 19.1 Å². The van der Waals surface area contributed by atoms with Crippen LogP contribution >= 0.6 is 23.2 Å². The summed E-state index contributed by atoms with van der Waals surface area (Å²) >= 11 is 12.0. The summed E-state index contributed by atoms with van der Waals surface area (Å²) in [5, 5.41) is 5.76. The van der Waals surface area contributed by atoms with Crippen LogP contribution in [0.25, 0.3) is 0 Å². The molecule has 1 aromatic carbocycles. The van der Waals surface area contributed by atoms with Gasteiger partial charge in [0.1, 0.15) is 4.33 Å². The van der Waals surface area contributed by atoms with E-state index < -0.39 is 9.75 Å². The van der Waals surface area contributed by atoms with Crippen LogP contribution in [0.4, 0.5) is 0 Å². The first-order valence-corrected chi connectivity index (χ1v) is 8.51. The number of rotatable bonds is 6. The Bertz CT molecular complexity index is 618. The van der Waals surface area contributed by atoms with Gasteiger partial charge in [-0.05, 0) is 44.4 Å². The molecule has 4 nitrogen and oxygen atoms in total. The molecule has 23 heavy (non-hydrogen) atoms. The van der Waals surface area contributed by atoms with Gasteiger partial charge >= 0.3 is 0 Å². The van der Waals surface area contributed by atoms with Crippen molar-refractivity contribution in [3.05, 3.63) is 35.4 Å². The lowest BCUT2D eigenvalue weighted by Gasteiger charge is -2.14. The Balaban J connectivity index is 1.96. The van der Waals surface area contributed by atoms with Crippen molar-refractivity contribution in [2.24, 2.45) is 5.41 Å². The van der Waals surface area contributed by atoms with Crippen molar-refractivity contribution in [1.82, 2.24) is 10.6 Å². The summed E-state index contributed by atoms with van der Waals surface area (Å²) in [7, 11) is 0. The molecule has 1 aromatic rings. The topological polar surface area (TPSA) is 58.2 Å². The molecule has 0 bridgehead atoms. The highest BCUT2D eigenvalue weighted by Gasteiger charge is 2.67. The third-order valence-electron chi connectivity index (χ3n) is 4.39. The van der Waals surface area contributed by atoms with Crippen LogP contribution in [0.1, 0.15) is 49.5 Å². The number of carbonyl (C=O) groups excluding carboxylic acids is 2. The molecule has 0 saturated heterocycles. The van der Waals surface area contributed by atoms with Crippen LogP contribution in [0.5, 0.6) is 0 Å². The van der Waals surface area contributed by atoms with Crippen LogP contribution in [0.15, 0.2) is 24.3 Å².